The van der Waals surface area contributed by atoms with Crippen LogP contribution in [0.3, 0.4) is 0 Å². The van der Waals surface area contributed by atoms with E-state index in [1.165, 1.54) is 18.2 Å². The summed E-state index contributed by atoms with van der Waals surface area (Å²) in [4.78, 5) is 52.8. The Morgan fingerprint density at radius 2 is 1.75 bits per heavy atom. The molecule has 1 aliphatic heterocycles. The van der Waals surface area contributed by atoms with Gasteiger partial charge in [0.15, 0.2) is 0 Å². The highest BCUT2D eigenvalue weighted by atomic mass is 35.5. The van der Waals surface area contributed by atoms with Gasteiger partial charge in [0.05, 0.1) is 22.7 Å². The second-order valence-corrected chi connectivity index (χ2v) is 8.83. The third-order valence-corrected chi connectivity index (χ3v) is 5.86. The molecular weight excluding hydrogens is 453 g/mol. The van der Waals surface area contributed by atoms with E-state index in [-0.39, 0.29) is 17.0 Å². The van der Waals surface area contributed by atoms with Crippen LogP contribution in [0.2, 0.25) is 10.0 Å². The molecular formula is C23H23Cl2N3O4. The first kappa shape index (κ1) is 23.8. The van der Waals surface area contributed by atoms with Crippen LogP contribution in [0, 0.1) is 19.8 Å². The second kappa shape index (κ2) is 9.30. The van der Waals surface area contributed by atoms with E-state index in [1.807, 2.05) is 19.9 Å². The molecule has 7 nitrogen and oxygen atoms in total. The van der Waals surface area contributed by atoms with Gasteiger partial charge in [0.1, 0.15) is 6.04 Å². The molecule has 1 saturated heterocycles. The molecule has 168 valence electrons. The number of hydrogen-bond donors (Lipinski definition) is 1. The molecule has 2 aromatic rings. The number of hydrazine groups is 1. The van der Waals surface area contributed by atoms with E-state index in [4.69, 9.17) is 23.2 Å². The van der Waals surface area contributed by atoms with Gasteiger partial charge in [-0.05, 0) is 55.3 Å². The Morgan fingerprint density at radius 1 is 1.06 bits per heavy atom. The molecule has 0 spiro atoms. The van der Waals surface area contributed by atoms with Gasteiger partial charge < -0.3 is 0 Å². The van der Waals surface area contributed by atoms with Crippen molar-refractivity contribution in [2.45, 2.75) is 40.2 Å². The Morgan fingerprint density at radius 3 is 2.34 bits per heavy atom. The first-order chi connectivity index (χ1) is 15.0. The number of carbonyl (C=O) groups is 4. The normalized spacial score (nSPS) is 16.0. The minimum atomic E-state index is -1.17. The van der Waals surface area contributed by atoms with Gasteiger partial charge in [-0.2, -0.15) is 0 Å². The van der Waals surface area contributed by atoms with Crippen LogP contribution in [-0.4, -0.2) is 34.7 Å². The number of nitrogens with zero attached hydrogens (tertiary/aromatic N) is 2. The van der Waals surface area contributed by atoms with E-state index in [0.717, 1.165) is 21.0 Å². The smallest absolute Gasteiger partial charge is 0.271 e. The lowest BCUT2D eigenvalue weighted by Crippen LogP contribution is -2.56. The Hall–Kier alpha value is -2.90. The third-order valence-electron chi connectivity index (χ3n) is 5.31. The van der Waals surface area contributed by atoms with Crippen LogP contribution in [-0.2, 0) is 14.4 Å². The Bertz CT molecular complexity index is 1120. The van der Waals surface area contributed by atoms with Crippen molar-refractivity contribution in [3.63, 3.8) is 0 Å². The van der Waals surface area contributed by atoms with Crippen molar-refractivity contribution >= 4 is 52.5 Å². The van der Waals surface area contributed by atoms with Gasteiger partial charge in [0.25, 0.3) is 11.8 Å². The molecule has 1 unspecified atom stereocenters. The maximum Gasteiger partial charge on any atom is 0.271 e. The second-order valence-electron chi connectivity index (χ2n) is 7.98. The molecule has 0 aromatic heterocycles. The SMILES string of the molecule is Cc1ccc(N2C(=O)CC(N(NC(=O)c3ccc(Cl)cc3Cl)C(=O)C(C)C)C2=O)cc1C. The number of imide groups is 1. The van der Waals surface area contributed by atoms with Crippen LogP contribution in [0.25, 0.3) is 0 Å². The summed E-state index contributed by atoms with van der Waals surface area (Å²) >= 11 is 12.0. The van der Waals surface area contributed by atoms with Crippen LogP contribution in [0.1, 0.15) is 41.8 Å². The Labute approximate surface area is 196 Å². The highest BCUT2D eigenvalue weighted by Gasteiger charge is 2.45. The van der Waals surface area contributed by atoms with Crippen molar-refractivity contribution in [2.24, 2.45) is 5.92 Å². The van der Waals surface area contributed by atoms with Gasteiger partial charge in [0.2, 0.25) is 11.8 Å². The molecule has 1 heterocycles. The van der Waals surface area contributed by atoms with E-state index in [0.29, 0.717) is 10.7 Å². The van der Waals surface area contributed by atoms with Gasteiger partial charge in [-0.15, -0.1) is 0 Å². The van der Waals surface area contributed by atoms with Crippen molar-refractivity contribution in [1.29, 1.82) is 0 Å². The summed E-state index contributed by atoms with van der Waals surface area (Å²) in [5.41, 5.74) is 4.93. The fourth-order valence-electron chi connectivity index (χ4n) is 3.36. The fraction of sp³-hybridized carbons (Fsp3) is 0.304. The predicted molar refractivity (Wildman–Crippen MR) is 122 cm³/mol. The van der Waals surface area contributed by atoms with Crippen molar-refractivity contribution in [3.8, 4) is 0 Å². The molecule has 1 N–H and O–H groups in total. The largest absolute Gasteiger partial charge is 0.274 e. The van der Waals surface area contributed by atoms with E-state index < -0.39 is 35.6 Å². The van der Waals surface area contributed by atoms with E-state index in [1.54, 1.807) is 26.0 Å². The zero-order chi connectivity index (χ0) is 23.7. The summed E-state index contributed by atoms with van der Waals surface area (Å²) in [5, 5.41) is 1.39. The zero-order valence-corrected chi connectivity index (χ0v) is 19.6. The lowest BCUT2D eigenvalue weighted by atomic mass is 10.1. The van der Waals surface area contributed by atoms with E-state index >= 15 is 0 Å². The van der Waals surface area contributed by atoms with Gasteiger partial charge in [-0.1, -0.05) is 43.1 Å². The van der Waals surface area contributed by atoms with Crippen molar-refractivity contribution in [1.82, 2.24) is 10.4 Å². The molecule has 4 amide bonds. The Kier molecular flexibility index (Phi) is 6.91. The summed E-state index contributed by atoms with van der Waals surface area (Å²) in [7, 11) is 0. The standard InChI is InChI=1S/C23H23Cl2N3O4/c1-12(2)22(31)28(26-21(30)17-8-6-15(24)10-18(17)25)19-11-20(29)27(23(19)32)16-7-5-13(3)14(4)9-16/h5-10,12,19H,11H2,1-4H3,(H,26,30). The molecule has 1 atom stereocenters. The summed E-state index contributed by atoms with van der Waals surface area (Å²) in [6, 6.07) is 8.38. The summed E-state index contributed by atoms with van der Waals surface area (Å²) in [6.45, 7) is 7.08. The Balaban J connectivity index is 1.92. The number of halogens is 2. The van der Waals surface area contributed by atoms with E-state index in [9.17, 15) is 19.2 Å². The number of rotatable bonds is 4. The number of nitrogens with one attached hydrogen (secondary N) is 1. The molecule has 32 heavy (non-hydrogen) atoms. The van der Waals surface area contributed by atoms with Crippen LogP contribution >= 0.6 is 23.2 Å². The maximum atomic E-state index is 13.2. The van der Waals surface area contributed by atoms with E-state index in [2.05, 4.69) is 5.43 Å². The summed E-state index contributed by atoms with van der Waals surface area (Å²) in [6.07, 6.45) is -0.251. The van der Waals surface area contributed by atoms with Gasteiger partial charge >= 0.3 is 0 Å². The number of hydrogen-bond acceptors (Lipinski definition) is 4. The molecule has 0 bridgehead atoms. The number of anilines is 1. The van der Waals surface area contributed by atoms with Gasteiger partial charge in [0, 0.05) is 10.9 Å². The van der Waals surface area contributed by atoms with Crippen LogP contribution in [0.5, 0.6) is 0 Å². The molecule has 0 aliphatic carbocycles. The van der Waals surface area contributed by atoms with Crippen LogP contribution in [0.15, 0.2) is 36.4 Å². The molecule has 9 heteroatoms. The van der Waals surface area contributed by atoms with Gasteiger partial charge in [-0.25, -0.2) is 9.91 Å². The molecule has 0 radical (unpaired) electrons. The predicted octanol–water partition coefficient (Wildman–Crippen LogP) is 4.07. The van der Waals surface area contributed by atoms with Crippen LogP contribution in [0.4, 0.5) is 5.69 Å². The molecule has 1 fully saturated rings. The monoisotopic (exact) mass is 475 g/mol. The third kappa shape index (κ3) is 4.64. The minimum Gasteiger partial charge on any atom is -0.274 e. The average molecular weight is 476 g/mol. The van der Waals surface area contributed by atoms with Crippen molar-refractivity contribution in [2.75, 3.05) is 4.90 Å². The quantitative estimate of drug-likeness (QED) is 0.533. The number of benzene rings is 2. The van der Waals surface area contributed by atoms with Gasteiger partial charge in [-0.3, -0.25) is 24.6 Å². The molecule has 2 aromatic carbocycles. The first-order valence-electron chi connectivity index (χ1n) is 10.0. The summed E-state index contributed by atoms with van der Waals surface area (Å²) in [5.74, 6) is -2.77. The lowest BCUT2D eigenvalue weighted by Gasteiger charge is -2.29. The highest BCUT2D eigenvalue weighted by Crippen LogP contribution is 2.28. The zero-order valence-electron chi connectivity index (χ0n) is 18.1. The lowest BCUT2D eigenvalue weighted by molar-refractivity contribution is -0.143. The summed E-state index contributed by atoms with van der Waals surface area (Å²) < 4.78 is 0. The average Bonchev–Trinajstić information content (AvgIpc) is 3.01. The fourth-order valence-corrected chi connectivity index (χ4v) is 3.86. The minimum absolute atomic E-state index is 0.0837. The van der Waals surface area contributed by atoms with Crippen molar-refractivity contribution < 1.29 is 19.2 Å². The topological polar surface area (TPSA) is 86.8 Å². The highest BCUT2D eigenvalue weighted by molar-refractivity contribution is 6.36. The maximum absolute atomic E-state index is 13.2. The number of aryl methyl sites for hydroxylation is 2. The number of amides is 4. The molecule has 1 aliphatic rings. The molecule has 3 rings (SSSR count). The van der Waals surface area contributed by atoms with Crippen molar-refractivity contribution in [3.05, 3.63) is 63.1 Å². The van der Waals surface area contributed by atoms with Crippen LogP contribution < -0.4 is 10.3 Å². The first-order valence-corrected chi connectivity index (χ1v) is 10.8. The number of carbonyl (C=O) groups excluding carboxylic acids is 4. The molecule has 0 saturated carbocycles.